The van der Waals surface area contributed by atoms with Crippen LogP contribution in [-0.2, 0) is 0 Å². The van der Waals surface area contributed by atoms with Crippen LogP contribution in [0.4, 0.5) is 5.82 Å². The van der Waals surface area contributed by atoms with Crippen molar-refractivity contribution in [2.45, 2.75) is 39.7 Å². The van der Waals surface area contributed by atoms with Crippen molar-refractivity contribution in [1.82, 2.24) is 14.9 Å². The second kappa shape index (κ2) is 7.85. The highest BCUT2D eigenvalue weighted by Crippen LogP contribution is 2.26. The Bertz CT molecular complexity index is 752. The predicted octanol–water partition coefficient (Wildman–Crippen LogP) is 3.86. The fraction of sp³-hybridized carbons (Fsp3) is 0.476. The molecule has 1 aliphatic heterocycles. The van der Waals surface area contributed by atoms with E-state index in [2.05, 4.69) is 25.8 Å². The normalized spacial score (nSPS) is 15.3. The highest BCUT2D eigenvalue weighted by Gasteiger charge is 2.26. The smallest absolute Gasteiger partial charge is 0.259 e. The fourth-order valence-corrected chi connectivity index (χ4v) is 3.15. The third kappa shape index (κ3) is 3.87. The molecule has 0 bridgehead atoms. The molecule has 0 N–H and O–H groups in total. The van der Waals surface area contributed by atoms with E-state index in [9.17, 15) is 4.79 Å². The summed E-state index contributed by atoms with van der Waals surface area (Å²) in [5.41, 5.74) is 1.55. The van der Waals surface area contributed by atoms with Gasteiger partial charge in [0.25, 0.3) is 5.91 Å². The lowest BCUT2D eigenvalue weighted by atomic mass is 9.99. The number of likely N-dealkylation sites (tertiary alicyclic amines) is 1. The zero-order chi connectivity index (χ0) is 18.7. The fourth-order valence-electron chi connectivity index (χ4n) is 3.15. The van der Waals surface area contributed by atoms with Gasteiger partial charge in [-0.05, 0) is 32.6 Å². The van der Waals surface area contributed by atoms with Crippen molar-refractivity contribution in [3.05, 3.63) is 42.1 Å². The summed E-state index contributed by atoms with van der Waals surface area (Å²) in [7, 11) is 1.98. The molecule has 0 spiro atoms. The lowest BCUT2D eigenvalue weighted by Crippen LogP contribution is -2.39. The molecule has 1 amide bonds. The molecule has 1 aromatic carbocycles. The minimum Gasteiger partial charge on any atom is -0.356 e. The van der Waals surface area contributed by atoms with Gasteiger partial charge in [0, 0.05) is 37.9 Å². The molecule has 0 saturated carbocycles. The van der Waals surface area contributed by atoms with Gasteiger partial charge in [0.2, 0.25) is 0 Å². The number of carbonyl (C=O) groups is 1. The Kier molecular flexibility index (Phi) is 5.55. The SMILES string of the molecule is CC1CCN(C(=O)c2cnc(-c3ccccc3)nc2N(C)C(C)C)CC1. The number of hydrogen-bond acceptors (Lipinski definition) is 4. The van der Waals surface area contributed by atoms with Crippen molar-refractivity contribution < 1.29 is 4.79 Å². The third-order valence-corrected chi connectivity index (χ3v) is 5.21. The Balaban J connectivity index is 1.97. The number of hydrogen-bond donors (Lipinski definition) is 0. The van der Waals surface area contributed by atoms with Gasteiger partial charge in [-0.2, -0.15) is 0 Å². The van der Waals surface area contributed by atoms with E-state index < -0.39 is 0 Å². The largest absolute Gasteiger partial charge is 0.356 e. The van der Waals surface area contributed by atoms with Gasteiger partial charge >= 0.3 is 0 Å². The van der Waals surface area contributed by atoms with E-state index in [0.717, 1.165) is 31.5 Å². The minimum absolute atomic E-state index is 0.0408. The Hall–Kier alpha value is -2.43. The maximum absolute atomic E-state index is 13.1. The molecule has 3 rings (SSSR count). The summed E-state index contributed by atoms with van der Waals surface area (Å²) in [6, 6.07) is 10.1. The molecule has 5 nitrogen and oxygen atoms in total. The van der Waals surface area contributed by atoms with Crippen molar-refractivity contribution in [3.8, 4) is 11.4 Å². The van der Waals surface area contributed by atoms with Gasteiger partial charge in [-0.25, -0.2) is 9.97 Å². The number of nitrogens with zero attached hydrogens (tertiary/aromatic N) is 4. The number of aromatic nitrogens is 2. The lowest BCUT2D eigenvalue weighted by molar-refractivity contribution is 0.0697. The molecule has 5 heteroatoms. The minimum atomic E-state index is 0.0408. The van der Waals surface area contributed by atoms with Crippen LogP contribution in [0.1, 0.15) is 44.0 Å². The van der Waals surface area contributed by atoms with Gasteiger partial charge in [0.15, 0.2) is 5.82 Å². The Morgan fingerprint density at radius 3 is 2.46 bits per heavy atom. The highest BCUT2D eigenvalue weighted by atomic mass is 16.2. The summed E-state index contributed by atoms with van der Waals surface area (Å²) in [5.74, 6) is 2.09. The molecule has 0 unspecified atom stereocenters. The van der Waals surface area contributed by atoms with Crippen LogP contribution in [0.25, 0.3) is 11.4 Å². The average molecular weight is 352 g/mol. The lowest BCUT2D eigenvalue weighted by Gasteiger charge is -2.32. The second-order valence-electron chi connectivity index (χ2n) is 7.48. The summed E-state index contributed by atoms with van der Waals surface area (Å²) < 4.78 is 0. The predicted molar refractivity (Wildman–Crippen MR) is 105 cm³/mol. The number of amides is 1. The van der Waals surface area contributed by atoms with Crippen LogP contribution in [0, 0.1) is 5.92 Å². The molecule has 0 atom stereocenters. The quantitative estimate of drug-likeness (QED) is 0.838. The van der Waals surface area contributed by atoms with Gasteiger partial charge in [-0.3, -0.25) is 4.79 Å². The molecular weight excluding hydrogens is 324 g/mol. The molecule has 2 heterocycles. The third-order valence-electron chi connectivity index (χ3n) is 5.21. The van der Waals surface area contributed by atoms with Crippen LogP contribution in [0.3, 0.4) is 0 Å². The summed E-state index contributed by atoms with van der Waals surface area (Å²) in [6.45, 7) is 8.07. The molecule has 0 radical (unpaired) electrons. The summed E-state index contributed by atoms with van der Waals surface area (Å²) in [4.78, 5) is 26.4. The van der Waals surface area contributed by atoms with Crippen LogP contribution >= 0.6 is 0 Å². The standard InChI is InChI=1S/C21H28N4O/c1-15(2)24(4)20-18(21(26)25-12-10-16(3)11-13-25)14-22-19(23-20)17-8-6-5-7-9-17/h5-9,14-16H,10-13H2,1-4H3. The first-order chi connectivity index (χ1) is 12.5. The zero-order valence-corrected chi connectivity index (χ0v) is 16.1. The van der Waals surface area contributed by atoms with E-state index in [1.54, 1.807) is 6.20 Å². The van der Waals surface area contributed by atoms with E-state index in [4.69, 9.17) is 4.98 Å². The Labute approximate surface area is 156 Å². The maximum Gasteiger partial charge on any atom is 0.259 e. The molecule has 0 aliphatic carbocycles. The van der Waals surface area contributed by atoms with Gasteiger partial charge < -0.3 is 9.80 Å². The van der Waals surface area contributed by atoms with Gasteiger partial charge in [0.05, 0.1) is 0 Å². The number of carbonyl (C=O) groups excluding carboxylic acids is 1. The van der Waals surface area contributed by atoms with Crippen molar-refractivity contribution in [1.29, 1.82) is 0 Å². The molecule has 1 saturated heterocycles. The molecule has 2 aromatic rings. The maximum atomic E-state index is 13.1. The van der Waals surface area contributed by atoms with E-state index in [1.165, 1.54) is 0 Å². The van der Waals surface area contributed by atoms with Crippen LogP contribution < -0.4 is 4.90 Å². The first-order valence-electron chi connectivity index (χ1n) is 9.42. The number of piperidine rings is 1. The highest BCUT2D eigenvalue weighted by molar-refractivity contribution is 5.99. The first kappa shape index (κ1) is 18.4. The van der Waals surface area contributed by atoms with Gasteiger partial charge in [-0.15, -0.1) is 0 Å². The van der Waals surface area contributed by atoms with Crippen molar-refractivity contribution in [2.24, 2.45) is 5.92 Å². The van der Waals surface area contributed by atoms with E-state index in [0.29, 0.717) is 23.1 Å². The molecular formula is C21H28N4O. The molecule has 138 valence electrons. The summed E-state index contributed by atoms with van der Waals surface area (Å²) in [5, 5.41) is 0. The molecule has 1 aliphatic rings. The molecule has 1 fully saturated rings. The Morgan fingerprint density at radius 1 is 1.19 bits per heavy atom. The number of anilines is 1. The van der Waals surface area contributed by atoms with Gasteiger partial charge in [0.1, 0.15) is 11.4 Å². The van der Waals surface area contributed by atoms with Gasteiger partial charge in [-0.1, -0.05) is 37.3 Å². The summed E-state index contributed by atoms with van der Waals surface area (Å²) >= 11 is 0. The van der Waals surface area contributed by atoms with Crippen LogP contribution in [-0.4, -0.2) is 47.0 Å². The van der Waals surface area contributed by atoms with Crippen molar-refractivity contribution >= 4 is 11.7 Å². The van der Waals surface area contributed by atoms with E-state index in [1.807, 2.05) is 47.2 Å². The second-order valence-corrected chi connectivity index (χ2v) is 7.48. The van der Waals surface area contributed by atoms with Crippen molar-refractivity contribution in [3.63, 3.8) is 0 Å². The monoisotopic (exact) mass is 352 g/mol. The topological polar surface area (TPSA) is 49.3 Å². The van der Waals surface area contributed by atoms with Crippen molar-refractivity contribution in [2.75, 3.05) is 25.0 Å². The van der Waals surface area contributed by atoms with E-state index in [-0.39, 0.29) is 11.9 Å². The molecule has 1 aromatic heterocycles. The first-order valence-corrected chi connectivity index (χ1v) is 9.42. The average Bonchev–Trinajstić information content (AvgIpc) is 2.67. The van der Waals surface area contributed by atoms with Crippen LogP contribution in [0.15, 0.2) is 36.5 Å². The Morgan fingerprint density at radius 2 is 1.85 bits per heavy atom. The number of rotatable bonds is 4. The number of benzene rings is 1. The molecule has 26 heavy (non-hydrogen) atoms. The van der Waals surface area contributed by atoms with Crippen LogP contribution in [0.2, 0.25) is 0 Å². The zero-order valence-electron chi connectivity index (χ0n) is 16.1. The van der Waals surface area contributed by atoms with E-state index >= 15 is 0 Å². The van der Waals surface area contributed by atoms with Crippen LogP contribution in [0.5, 0.6) is 0 Å². The summed E-state index contributed by atoms with van der Waals surface area (Å²) in [6.07, 6.45) is 3.82.